The molecule has 0 saturated carbocycles. The summed E-state index contributed by atoms with van der Waals surface area (Å²) in [6.45, 7) is 5.19. The number of ether oxygens (including phenoxy) is 2. The van der Waals surface area contributed by atoms with E-state index in [9.17, 15) is 5.11 Å². The highest BCUT2D eigenvalue weighted by atomic mass is 16.5. The third-order valence-electron chi connectivity index (χ3n) is 5.36. The van der Waals surface area contributed by atoms with Gasteiger partial charge < -0.3 is 19.7 Å². The first-order valence-electron chi connectivity index (χ1n) is 10.2. The van der Waals surface area contributed by atoms with E-state index in [1.54, 1.807) is 7.11 Å². The van der Waals surface area contributed by atoms with Crippen LogP contribution in [0.4, 0.5) is 0 Å². The number of hydrogen-bond acceptors (Lipinski definition) is 6. The molecule has 158 valence electrons. The van der Waals surface area contributed by atoms with E-state index in [0.29, 0.717) is 12.6 Å². The van der Waals surface area contributed by atoms with Gasteiger partial charge in [-0.05, 0) is 41.8 Å². The number of aliphatic hydroxyl groups excluding tert-OH is 2. The fraction of sp³-hybridized carbons (Fsp3) is 0.478. The highest BCUT2D eigenvalue weighted by Crippen LogP contribution is 2.21. The molecule has 1 heterocycles. The Bertz CT molecular complexity index is 738. The van der Waals surface area contributed by atoms with Gasteiger partial charge in [0.15, 0.2) is 0 Å². The van der Waals surface area contributed by atoms with Crippen LogP contribution in [0.5, 0.6) is 11.5 Å². The number of methoxy groups -OCH3 is 1. The Morgan fingerprint density at radius 2 is 1.76 bits per heavy atom. The molecule has 1 aliphatic heterocycles. The predicted octanol–water partition coefficient (Wildman–Crippen LogP) is 2.14. The summed E-state index contributed by atoms with van der Waals surface area (Å²) in [6, 6.07) is 16.6. The van der Waals surface area contributed by atoms with E-state index >= 15 is 0 Å². The maximum atomic E-state index is 9.57. The van der Waals surface area contributed by atoms with Crippen LogP contribution in [0.1, 0.15) is 17.5 Å². The molecule has 0 bridgehead atoms. The molecular weight excluding hydrogens is 368 g/mol. The monoisotopic (exact) mass is 400 g/mol. The maximum absolute atomic E-state index is 9.57. The summed E-state index contributed by atoms with van der Waals surface area (Å²) in [4.78, 5) is 4.92. The average molecular weight is 401 g/mol. The number of hydrogen-bond donors (Lipinski definition) is 2. The number of piperazine rings is 1. The molecule has 0 aliphatic carbocycles. The summed E-state index contributed by atoms with van der Waals surface area (Å²) < 4.78 is 10.8. The summed E-state index contributed by atoms with van der Waals surface area (Å²) in [7, 11) is 1.69. The minimum Gasteiger partial charge on any atom is -0.497 e. The van der Waals surface area contributed by atoms with Crippen molar-refractivity contribution in [3.05, 3.63) is 59.7 Å². The van der Waals surface area contributed by atoms with Crippen molar-refractivity contribution in [2.45, 2.75) is 25.6 Å². The zero-order valence-corrected chi connectivity index (χ0v) is 17.2. The van der Waals surface area contributed by atoms with E-state index in [2.05, 4.69) is 34.1 Å². The van der Waals surface area contributed by atoms with Crippen LogP contribution in [0.3, 0.4) is 0 Å². The van der Waals surface area contributed by atoms with Gasteiger partial charge in [0.25, 0.3) is 0 Å². The van der Waals surface area contributed by atoms with Gasteiger partial charge in [0.2, 0.25) is 0 Å². The largest absolute Gasteiger partial charge is 0.497 e. The van der Waals surface area contributed by atoms with Crippen molar-refractivity contribution >= 4 is 0 Å². The van der Waals surface area contributed by atoms with Crippen molar-refractivity contribution in [3.8, 4) is 11.5 Å². The Morgan fingerprint density at radius 1 is 0.931 bits per heavy atom. The molecule has 0 unspecified atom stereocenters. The number of benzene rings is 2. The summed E-state index contributed by atoms with van der Waals surface area (Å²) in [5.41, 5.74) is 2.48. The molecule has 2 N–H and O–H groups in total. The zero-order valence-electron chi connectivity index (χ0n) is 17.2. The van der Waals surface area contributed by atoms with Gasteiger partial charge in [-0.15, -0.1) is 0 Å². The van der Waals surface area contributed by atoms with Crippen LogP contribution in [-0.2, 0) is 13.1 Å². The highest BCUT2D eigenvalue weighted by molar-refractivity contribution is 5.29. The van der Waals surface area contributed by atoms with Crippen molar-refractivity contribution < 1.29 is 19.7 Å². The Kier molecular flexibility index (Phi) is 8.31. The van der Waals surface area contributed by atoms with Crippen LogP contribution in [0.15, 0.2) is 48.5 Å². The molecule has 0 amide bonds. The summed E-state index contributed by atoms with van der Waals surface area (Å²) in [6.07, 6.45) is 0.772. The van der Waals surface area contributed by atoms with Crippen LogP contribution < -0.4 is 9.47 Å². The fourth-order valence-electron chi connectivity index (χ4n) is 3.85. The molecule has 6 heteroatoms. The Morgan fingerprint density at radius 3 is 2.48 bits per heavy atom. The average Bonchev–Trinajstić information content (AvgIpc) is 2.75. The zero-order chi connectivity index (χ0) is 20.5. The highest BCUT2D eigenvalue weighted by Gasteiger charge is 2.26. The fourth-order valence-corrected chi connectivity index (χ4v) is 3.85. The van der Waals surface area contributed by atoms with Crippen LogP contribution in [0.25, 0.3) is 0 Å². The van der Waals surface area contributed by atoms with Crippen molar-refractivity contribution in [1.82, 2.24) is 9.80 Å². The Hall–Kier alpha value is -2.12. The second kappa shape index (κ2) is 11.2. The first kappa shape index (κ1) is 21.6. The standard InChI is InChI=1S/C23H32N2O4/c1-28-23-4-2-3-20(15-23)17-25-11-10-24(18-21(25)9-12-26)16-19-5-7-22(8-6-19)29-14-13-27/h2-8,15,21,26-27H,9-14,16-18H2,1H3/t21-/m0/s1. The molecule has 0 spiro atoms. The summed E-state index contributed by atoms with van der Waals surface area (Å²) in [5, 5.41) is 18.4. The normalized spacial score (nSPS) is 18.0. The van der Waals surface area contributed by atoms with Crippen LogP contribution >= 0.6 is 0 Å². The van der Waals surface area contributed by atoms with Gasteiger partial charge in [-0.25, -0.2) is 0 Å². The van der Waals surface area contributed by atoms with Gasteiger partial charge in [0.1, 0.15) is 18.1 Å². The lowest BCUT2D eigenvalue weighted by Crippen LogP contribution is -2.52. The lowest BCUT2D eigenvalue weighted by Gasteiger charge is -2.41. The topological polar surface area (TPSA) is 65.4 Å². The lowest BCUT2D eigenvalue weighted by molar-refractivity contribution is 0.0499. The van der Waals surface area contributed by atoms with E-state index in [0.717, 1.165) is 50.6 Å². The van der Waals surface area contributed by atoms with Crippen LogP contribution in [0.2, 0.25) is 0 Å². The number of aliphatic hydroxyl groups is 2. The molecule has 1 saturated heterocycles. The van der Waals surface area contributed by atoms with Gasteiger partial charge in [-0.1, -0.05) is 24.3 Å². The van der Waals surface area contributed by atoms with Gasteiger partial charge >= 0.3 is 0 Å². The van der Waals surface area contributed by atoms with E-state index < -0.39 is 0 Å². The minimum atomic E-state index is 0.0219. The first-order valence-corrected chi connectivity index (χ1v) is 10.2. The van der Waals surface area contributed by atoms with Crippen LogP contribution in [-0.4, -0.2) is 72.6 Å². The SMILES string of the molecule is COc1cccc(CN2CCN(Cc3ccc(OCCO)cc3)C[C@@H]2CCO)c1. The summed E-state index contributed by atoms with van der Waals surface area (Å²) >= 11 is 0. The van der Waals surface area contributed by atoms with E-state index in [1.165, 1.54) is 11.1 Å². The van der Waals surface area contributed by atoms with Gasteiger partial charge in [0.05, 0.1) is 13.7 Å². The second-order valence-corrected chi connectivity index (χ2v) is 7.44. The maximum Gasteiger partial charge on any atom is 0.119 e. The molecule has 6 nitrogen and oxygen atoms in total. The molecule has 3 rings (SSSR count). The van der Waals surface area contributed by atoms with Crippen molar-refractivity contribution in [2.24, 2.45) is 0 Å². The predicted molar refractivity (Wildman–Crippen MR) is 113 cm³/mol. The molecule has 0 radical (unpaired) electrons. The molecular formula is C23H32N2O4. The molecule has 1 aliphatic rings. The number of rotatable bonds is 10. The summed E-state index contributed by atoms with van der Waals surface area (Å²) in [5.74, 6) is 1.66. The lowest BCUT2D eigenvalue weighted by atomic mass is 10.1. The molecule has 2 aromatic carbocycles. The van der Waals surface area contributed by atoms with Crippen molar-refractivity contribution in [3.63, 3.8) is 0 Å². The molecule has 0 aromatic heterocycles. The molecule has 2 aromatic rings. The van der Waals surface area contributed by atoms with Gasteiger partial charge in [-0.3, -0.25) is 9.80 Å². The van der Waals surface area contributed by atoms with Gasteiger partial charge in [0, 0.05) is 45.4 Å². The number of nitrogens with zero attached hydrogens (tertiary/aromatic N) is 2. The van der Waals surface area contributed by atoms with Crippen molar-refractivity contribution in [1.29, 1.82) is 0 Å². The molecule has 1 atom stereocenters. The van der Waals surface area contributed by atoms with Crippen LogP contribution in [0, 0.1) is 0 Å². The quantitative estimate of drug-likeness (QED) is 0.637. The Labute approximate surface area is 173 Å². The third-order valence-corrected chi connectivity index (χ3v) is 5.36. The second-order valence-electron chi connectivity index (χ2n) is 7.44. The molecule has 1 fully saturated rings. The smallest absolute Gasteiger partial charge is 0.119 e. The van der Waals surface area contributed by atoms with E-state index in [4.69, 9.17) is 14.6 Å². The van der Waals surface area contributed by atoms with Crippen molar-refractivity contribution in [2.75, 3.05) is 46.6 Å². The minimum absolute atomic E-state index is 0.0219. The third kappa shape index (κ3) is 6.44. The van der Waals surface area contributed by atoms with E-state index in [-0.39, 0.29) is 13.2 Å². The van der Waals surface area contributed by atoms with Gasteiger partial charge in [-0.2, -0.15) is 0 Å². The Balaban J connectivity index is 1.57. The molecule has 29 heavy (non-hydrogen) atoms. The first-order chi connectivity index (χ1) is 14.2. The van der Waals surface area contributed by atoms with E-state index in [1.807, 2.05) is 24.3 Å².